The zero-order chi connectivity index (χ0) is 100. The number of carbonyl (C=O) groups excluding carboxylic acids is 6. The number of esters is 3. The van der Waals surface area contributed by atoms with Gasteiger partial charge in [-0.25, -0.2) is 40.3 Å². The van der Waals surface area contributed by atoms with Gasteiger partial charge in [0.25, 0.3) is 24.0 Å². The maximum absolute atomic E-state index is 16.0. The molecule has 2 N–H and O–H groups in total. The van der Waals surface area contributed by atoms with Gasteiger partial charge in [0.1, 0.15) is 47.7 Å². The summed E-state index contributed by atoms with van der Waals surface area (Å²) in [5, 5.41) is 10.7. The number of nitrogens with one attached hydrogen (secondary N) is 2. The van der Waals surface area contributed by atoms with Crippen LogP contribution in [0.3, 0.4) is 0 Å². The maximum Gasteiger partial charge on any atom is 0.459 e. The number of morpholine rings is 3. The molecule has 12 aromatic rings. The van der Waals surface area contributed by atoms with Crippen molar-refractivity contribution < 1.29 is 115 Å². The molecule has 12 aliphatic rings. The minimum absolute atomic E-state index is 0.0260. The lowest BCUT2D eigenvalue weighted by molar-refractivity contribution is -0.149. The first-order chi connectivity index (χ1) is 69.5. The van der Waals surface area contributed by atoms with Crippen LogP contribution in [0.1, 0.15) is 129 Å². The third-order valence-electron chi connectivity index (χ3n) is 27.6. The molecular weight excluding hydrogens is 1930 g/mol. The number of rotatable bonds is 19. The third-order valence-corrected chi connectivity index (χ3v) is 31.0. The topological polar surface area (TPSA) is 362 Å². The van der Waals surface area contributed by atoms with Crippen molar-refractivity contribution in [2.24, 2.45) is 0 Å². The zero-order valence-electron chi connectivity index (χ0n) is 77.3. The molecule has 742 valence electrons. The van der Waals surface area contributed by atoms with Gasteiger partial charge >= 0.3 is 33.4 Å². The van der Waals surface area contributed by atoms with Crippen molar-refractivity contribution in [1.29, 1.82) is 0 Å². The molecule has 0 bridgehead atoms. The van der Waals surface area contributed by atoms with Crippen LogP contribution in [-0.4, -0.2) is 201 Å². The molecule has 6 aromatic carbocycles. The molecule has 2 aliphatic carbocycles. The SMILES string of the molecule is CC1=CC(Oc2c3n(ccc2=O)N(C2c4ccccc4-n4cccc4-c4c2ccc(F)c4F)C2COCCN2C3=O)OC1=O.CCOP(=O)(NC1(C(=O)OC)CC1)Oc1c2n(ccc1=O)N(C1c3ccccc3-n3cccc3-c3c1ccc(F)c3F)C1COCCN1C2=O.CCOP(=O)(NC1(C(=O)OC)CC1)Oc1c2n(ccc1=O)N([C@@H]1c3ccccc3-n3cccc3-c3c1ccc(F)c3F)[C@@H]1COCCN1C2=O. The second-order valence-corrected chi connectivity index (χ2v) is 39.0. The Hall–Kier alpha value is -14.9. The number of para-hydroxylation sites is 3. The number of fused-ring (bicyclic) bond motifs is 21. The molecule has 3 saturated heterocycles. The van der Waals surface area contributed by atoms with E-state index in [1.54, 1.807) is 106 Å². The minimum Gasteiger partial charge on any atom is -0.468 e. The van der Waals surface area contributed by atoms with Gasteiger partial charge in [0, 0.05) is 120 Å². The first kappa shape index (κ1) is 94.1. The summed E-state index contributed by atoms with van der Waals surface area (Å²) in [6.07, 6.45) is 8.64. The summed E-state index contributed by atoms with van der Waals surface area (Å²) >= 11 is 0. The van der Waals surface area contributed by atoms with E-state index in [4.69, 9.17) is 51.3 Å². The quantitative estimate of drug-likeness (QED) is 0.0328. The fourth-order valence-corrected chi connectivity index (χ4v) is 24.4. The molecule has 2 saturated carbocycles. The molecule has 3 amide bonds. The number of halogens is 6. The fourth-order valence-electron chi connectivity index (χ4n) is 20.9. The molecule has 16 heterocycles. The average Bonchev–Trinajstić information content (AvgIpc) is 1.19. The smallest absolute Gasteiger partial charge is 0.459 e. The number of aromatic nitrogens is 6. The Kier molecular flexibility index (Phi) is 23.7. The van der Waals surface area contributed by atoms with E-state index in [-0.39, 0.29) is 138 Å². The van der Waals surface area contributed by atoms with Crippen molar-refractivity contribution in [2.45, 2.75) is 100 Å². The molecule has 144 heavy (non-hydrogen) atoms. The highest BCUT2D eigenvalue weighted by Gasteiger charge is 2.60. The van der Waals surface area contributed by atoms with Gasteiger partial charge in [-0.3, -0.25) is 76.5 Å². The Morgan fingerprint density at radius 1 is 0.417 bits per heavy atom. The Labute approximate surface area is 814 Å². The molecular formula is C100H88F6N14O22P2. The lowest BCUT2D eigenvalue weighted by Crippen LogP contribution is -2.66. The molecule has 0 radical (unpaired) electrons. The summed E-state index contributed by atoms with van der Waals surface area (Å²) < 4.78 is 192. The van der Waals surface area contributed by atoms with Crippen molar-refractivity contribution in [3.63, 3.8) is 0 Å². The van der Waals surface area contributed by atoms with Crippen molar-refractivity contribution in [1.82, 2.24) is 52.6 Å². The Bertz CT molecular complexity index is 7420. The van der Waals surface area contributed by atoms with E-state index in [1.807, 2.05) is 82.4 Å². The number of benzene rings is 6. The predicted octanol–water partition coefficient (Wildman–Crippen LogP) is 12.2. The highest BCUT2D eigenvalue weighted by atomic mass is 31.2. The summed E-state index contributed by atoms with van der Waals surface area (Å²) in [5.74, 6) is -11.2. The predicted molar refractivity (Wildman–Crippen MR) is 501 cm³/mol. The van der Waals surface area contributed by atoms with Gasteiger partial charge in [-0.1, -0.05) is 72.8 Å². The summed E-state index contributed by atoms with van der Waals surface area (Å²) in [6.45, 7) is 5.71. The van der Waals surface area contributed by atoms with E-state index in [0.29, 0.717) is 61.8 Å². The lowest BCUT2D eigenvalue weighted by atomic mass is 9.91. The Morgan fingerprint density at radius 2 is 0.743 bits per heavy atom. The molecule has 44 heteroatoms. The van der Waals surface area contributed by atoms with Gasteiger partial charge in [-0.15, -0.1) is 0 Å². The monoisotopic (exact) mass is 2010 g/mol. The number of ether oxygens (including phenoxy) is 7. The molecule has 9 atom stereocenters. The summed E-state index contributed by atoms with van der Waals surface area (Å²) in [4.78, 5) is 125. The van der Waals surface area contributed by atoms with Crippen LogP contribution >= 0.6 is 15.5 Å². The first-order valence-electron chi connectivity index (χ1n) is 46.3. The Balaban J connectivity index is 0.000000124. The summed E-state index contributed by atoms with van der Waals surface area (Å²) in [7, 11) is -6.57. The normalized spacial score (nSPS) is 21.3. The fraction of sp³-hybridized carbons (Fsp3) is 0.290. The van der Waals surface area contributed by atoms with Crippen LogP contribution in [0, 0.1) is 34.9 Å². The molecule has 5 fully saturated rings. The van der Waals surface area contributed by atoms with Crippen molar-refractivity contribution in [3.05, 3.63) is 329 Å². The van der Waals surface area contributed by atoms with Crippen molar-refractivity contribution >= 4 is 51.1 Å². The lowest BCUT2D eigenvalue weighted by Gasteiger charge is -2.51. The second kappa shape index (κ2) is 36.2. The summed E-state index contributed by atoms with van der Waals surface area (Å²) in [6, 6.07) is 41.4. The molecule has 36 nitrogen and oxygen atoms in total. The molecule has 7 unspecified atom stereocenters. The van der Waals surface area contributed by atoms with Crippen molar-refractivity contribution in [2.75, 3.05) is 102 Å². The van der Waals surface area contributed by atoms with E-state index < -0.39 is 168 Å². The number of hydrogen-bond donors (Lipinski definition) is 2. The van der Waals surface area contributed by atoms with Gasteiger partial charge in [0.05, 0.1) is 101 Å². The van der Waals surface area contributed by atoms with Crippen LogP contribution < -0.4 is 55.3 Å². The zero-order valence-corrected chi connectivity index (χ0v) is 79.1. The van der Waals surface area contributed by atoms with Gasteiger partial charge in [-0.2, -0.15) is 10.2 Å². The number of cyclic esters (lactones) is 1. The van der Waals surface area contributed by atoms with Crippen LogP contribution in [0.15, 0.2) is 227 Å². The van der Waals surface area contributed by atoms with Crippen LogP contribution in [0.2, 0.25) is 0 Å². The van der Waals surface area contributed by atoms with Gasteiger partial charge in [0.2, 0.25) is 33.5 Å². The standard InChI is InChI=1S/2C34H32F2N5O8P.C32H24F2N4O6/c2*1-3-48-50(45,37-34(13-14-34)33(44)46-2)49-31-25(42)12-16-40-30(31)32(43)39-17-18-47-19-26(39)41(40)29-20-7-4-5-8-23(20)38-15-6-9-24(38)27-21(29)10-11-22(35)28(27)36;1-17-15-25(44-32(17)41)43-30-23(39)10-12-37-29(30)31(40)36-13-14-42-16-24(36)38(37)28-18-5-2-3-6-21(18)35-11-4-7-22(35)26-19(28)8-9-20(33)27(26)34/h2*4-12,15-16,26,29H,3,13-14,17-19H2,1-2H3,(H,37,45);2-12,15,24-25,28H,13-14,16H2,1H3/t26-,29-,50?;;/m1../s1. The Morgan fingerprint density at radius 3 is 1.06 bits per heavy atom. The highest BCUT2D eigenvalue weighted by molar-refractivity contribution is 7.52. The number of hydrogen-bond acceptors (Lipinski definition) is 25. The molecule has 10 aliphatic heterocycles. The van der Waals surface area contributed by atoms with Crippen LogP contribution in [0.25, 0.3) is 50.8 Å². The minimum atomic E-state index is -4.48. The van der Waals surface area contributed by atoms with E-state index in [9.17, 15) is 56.7 Å². The number of nitrogens with zero attached hydrogens (tertiary/aromatic N) is 12. The van der Waals surface area contributed by atoms with Gasteiger partial charge in [-0.05, 0) is 136 Å². The number of methoxy groups -OCH3 is 2. The highest BCUT2D eigenvalue weighted by Crippen LogP contribution is 2.57. The number of amides is 3. The molecule has 0 spiro atoms. The van der Waals surface area contributed by atoms with Gasteiger partial charge < -0.3 is 70.6 Å². The van der Waals surface area contributed by atoms with E-state index in [0.717, 1.165) is 41.6 Å². The number of pyridine rings is 3. The number of carbonyl (C=O) groups is 6. The first-order valence-corrected chi connectivity index (χ1v) is 49.4. The summed E-state index contributed by atoms with van der Waals surface area (Å²) in [5.41, 5.74) is 1.68. The van der Waals surface area contributed by atoms with E-state index >= 15 is 22.0 Å². The third kappa shape index (κ3) is 15.3. The largest absolute Gasteiger partial charge is 0.468 e. The van der Waals surface area contributed by atoms with Crippen LogP contribution in [-0.2, 0) is 61.0 Å². The second-order valence-electron chi connectivity index (χ2n) is 35.7. The average molecular weight is 2010 g/mol. The van der Waals surface area contributed by atoms with Gasteiger partial charge in [0.15, 0.2) is 52.0 Å². The van der Waals surface area contributed by atoms with E-state index in [2.05, 4.69) is 10.2 Å². The molecule has 24 rings (SSSR count). The van der Waals surface area contributed by atoms with Crippen LogP contribution in [0.5, 0.6) is 17.2 Å². The van der Waals surface area contributed by atoms with Crippen molar-refractivity contribution in [3.8, 4) is 68.1 Å². The van der Waals surface area contributed by atoms with Crippen LogP contribution in [0.4, 0.5) is 26.3 Å². The van der Waals surface area contributed by atoms with E-state index in [1.165, 1.54) is 80.9 Å². The maximum atomic E-state index is 16.0. The molecule has 6 aromatic heterocycles.